The maximum absolute atomic E-state index is 5.32. The van der Waals surface area contributed by atoms with Crippen LogP contribution in [0, 0.1) is 0 Å². The van der Waals surface area contributed by atoms with Gasteiger partial charge in [-0.05, 0) is 36.4 Å². The molecule has 0 amide bonds. The summed E-state index contributed by atoms with van der Waals surface area (Å²) in [5, 5.41) is 8.50. The molecule has 0 spiro atoms. The van der Waals surface area contributed by atoms with Crippen molar-refractivity contribution < 1.29 is 18.9 Å². The van der Waals surface area contributed by atoms with E-state index in [0.29, 0.717) is 34.5 Å². The van der Waals surface area contributed by atoms with E-state index in [1.165, 1.54) is 0 Å². The van der Waals surface area contributed by atoms with Gasteiger partial charge in [0.25, 0.3) is 0 Å². The predicted octanol–water partition coefficient (Wildman–Crippen LogP) is 3.24. The van der Waals surface area contributed by atoms with Gasteiger partial charge in [-0.3, -0.25) is 0 Å². The SMILES string of the molecule is COc1ccc(-c2cnc(-c3ccc(OC)c(OC)c3)nn2)cc1OC. The van der Waals surface area contributed by atoms with E-state index in [-0.39, 0.29) is 0 Å². The summed E-state index contributed by atoms with van der Waals surface area (Å²) in [6, 6.07) is 11.0. The zero-order chi connectivity index (χ0) is 18.5. The Kier molecular flexibility index (Phi) is 5.17. The lowest BCUT2D eigenvalue weighted by Gasteiger charge is -2.10. The Balaban J connectivity index is 1.92. The smallest absolute Gasteiger partial charge is 0.181 e. The molecule has 0 fully saturated rings. The van der Waals surface area contributed by atoms with E-state index >= 15 is 0 Å². The topological polar surface area (TPSA) is 75.6 Å². The second-order valence-electron chi connectivity index (χ2n) is 5.31. The van der Waals surface area contributed by atoms with Gasteiger partial charge in [0.2, 0.25) is 0 Å². The summed E-state index contributed by atoms with van der Waals surface area (Å²) >= 11 is 0. The summed E-state index contributed by atoms with van der Waals surface area (Å²) < 4.78 is 21.1. The highest BCUT2D eigenvalue weighted by Gasteiger charge is 2.11. The third kappa shape index (κ3) is 3.37. The molecule has 0 unspecified atom stereocenters. The monoisotopic (exact) mass is 353 g/mol. The van der Waals surface area contributed by atoms with Crippen LogP contribution in [0.4, 0.5) is 0 Å². The van der Waals surface area contributed by atoms with Gasteiger partial charge in [0.05, 0.1) is 34.6 Å². The second-order valence-corrected chi connectivity index (χ2v) is 5.31. The van der Waals surface area contributed by atoms with Gasteiger partial charge in [0.15, 0.2) is 28.8 Å². The third-order valence-corrected chi connectivity index (χ3v) is 3.88. The van der Waals surface area contributed by atoms with Crippen molar-refractivity contribution in [2.45, 2.75) is 0 Å². The van der Waals surface area contributed by atoms with Gasteiger partial charge >= 0.3 is 0 Å². The largest absolute Gasteiger partial charge is 0.493 e. The fourth-order valence-corrected chi connectivity index (χ4v) is 2.51. The number of hydrogen-bond acceptors (Lipinski definition) is 7. The molecule has 7 nitrogen and oxygen atoms in total. The molecule has 0 aliphatic carbocycles. The molecule has 0 atom stereocenters. The average Bonchev–Trinajstić information content (AvgIpc) is 2.72. The minimum absolute atomic E-state index is 0.496. The molecule has 0 radical (unpaired) electrons. The highest BCUT2D eigenvalue weighted by Crippen LogP contribution is 2.33. The van der Waals surface area contributed by atoms with Crippen LogP contribution in [-0.2, 0) is 0 Å². The maximum atomic E-state index is 5.32. The molecule has 134 valence electrons. The van der Waals surface area contributed by atoms with Crippen LogP contribution in [0.15, 0.2) is 42.6 Å². The van der Waals surface area contributed by atoms with Gasteiger partial charge in [-0.1, -0.05) is 0 Å². The molecule has 3 rings (SSSR count). The quantitative estimate of drug-likeness (QED) is 0.673. The zero-order valence-electron chi connectivity index (χ0n) is 15.0. The zero-order valence-corrected chi connectivity index (χ0v) is 15.0. The van der Waals surface area contributed by atoms with Crippen LogP contribution >= 0.6 is 0 Å². The van der Waals surface area contributed by atoms with Crippen molar-refractivity contribution in [3.63, 3.8) is 0 Å². The summed E-state index contributed by atoms with van der Waals surface area (Å²) in [4.78, 5) is 4.41. The molecule has 3 aromatic rings. The van der Waals surface area contributed by atoms with E-state index in [0.717, 1.165) is 11.1 Å². The Labute approximate surface area is 151 Å². The van der Waals surface area contributed by atoms with E-state index in [4.69, 9.17) is 18.9 Å². The molecule has 1 heterocycles. The highest BCUT2D eigenvalue weighted by atomic mass is 16.5. The molecule has 0 saturated carbocycles. The second kappa shape index (κ2) is 7.69. The van der Waals surface area contributed by atoms with Crippen molar-refractivity contribution in [1.82, 2.24) is 15.2 Å². The van der Waals surface area contributed by atoms with Crippen LogP contribution in [0.25, 0.3) is 22.6 Å². The van der Waals surface area contributed by atoms with Gasteiger partial charge in [-0.2, -0.15) is 0 Å². The summed E-state index contributed by atoms with van der Waals surface area (Å²) in [7, 11) is 6.36. The van der Waals surface area contributed by atoms with Crippen LogP contribution in [0.2, 0.25) is 0 Å². The first-order valence-corrected chi connectivity index (χ1v) is 7.84. The summed E-state index contributed by atoms with van der Waals surface area (Å²) in [6.07, 6.45) is 1.67. The van der Waals surface area contributed by atoms with Gasteiger partial charge in [0.1, 0.15) is 5.69 Å². The number of benzene rings is 2. The van der Waals surface area contributed by atoms with Crippen molar-refractivity contribution in [1.29, 1.82) is 0 Å². The molecule has 0 bridgehead atoms. The molecule has 7 heteroatoms. The molecular formula is C19H19N3O4. The van der Waals surface area contributed by atoms with Crippen LogP contribution in [-0.4, -0.2) is 43.6 Å². The van der Waals surface area contributed by atoms with Gasteiger partial charge in [-0.25, -0.2) is 4.98 Å². The van der Waals surface area contributed by atoms with Crippen molar-refractivity contribution in [2.24, 2.45) is 0 Å². The summed E-state index contributed by atoms with van der Waals surface area (Å²) in [5.41, 5.74) is 2.26. The minimum atomic E-state index is 0.496. The van der Waals surface area contributed by atoms with Crippen molar-refractivity contribution in [3.8, 4) is 45.6 Å². The van der Waals surface area contributed by atoms with Crippen molar-refractivity contribution >= 4 is 0 Å². The summed E-state index contributed by atoms with van der Waals surface area (Å²) in [6.45, 7) is 0. The number of aromatic nitrogens is 3. The first-order chi connectivity index (χ1) is 12.7. The molecule has 2 aromatic carbocycles. The third-order valence-electron chi connectivity index (χ3n) is 3.88. The molecule has 0 N–H and O–H groups in total. The minimum Gasteiger partial charge on any atom is -0.493 e. The van der Waals surface area contributed by atoms with Crippen LogP contribution in [0.3, 0.4) is 0 Å². The molecule has 26 heavy (non-hydrogen) atoms. The van der Waals surface area contributed by atoms with Crippen LogP contribution in [0.1, 0.15) is 0 Å². The lowest BCUT2D eigenvalue weighted by molar-refractivity contribution is 0.355. The number of nitrogens with zero attached hydrogens (tertiary/aromatic N) is 3. The molecule has 0 aliphatic rings. The van der Waals surface area contributed by atoms with Gasteiger partial charge < -0.3 is 18.9 Å². The number of rotatable bonds is 6. The number of hydrogen-bond donors (Lipinski definition) is 0. The van der Waals surface area contributed by atoms with Gasteiger partial charge in [-0.15, -0.1) is 10.2 Å². The molecule has 1 aromatic heterocycles. The van der Waals surface area contributed by atoms with Crippen molar-refractivity contribution in [2.75, 3.05) is 28.4 Å². The van der Waals surface area contributed by atoms with Gasteiger partial charge in [0, 0.05) is 11.1 Å². The highest BCUT2D eigenvalue weighted by molar-refractivity contribution is 5.65. The van der Waals surface area contributed by atoms with Crippen LogP contribution < -0.4 is 18.9 Å². The average molecular weight is 353 g/mol. The number of methoxy groups -OCH3 is 4. The maximum Gasteiger partial charge on any atom is 0.181 e. The Bertz CT molecular complexity index is 823. The Hall–Kier alpha value is -3.35. The predicted molar refractivity (Wildman–Crippen MR) is 96.9 cm³/mol. The van der Waals surface area contributed by atoms with E-state index in [1.807, 2.05) is 30.3 Å². The fraction of sp³-hybridized carbons (Fsp3) is 0.211. The van der Waals surface area contributed by atoms with Crippen LogP contribution in [0.5, 0.6) is 23.0 Å². The lowest BCUT2D eigenvalue weighted by Crippen LogP contribution is -1.97. The Morgan fingerprint density at radius 1 is 0.615 bits per heavy atom. The Morgan fingerprint density at radius 2 is 1.15 bits per heavy atom. The van der Waals surface area contributed by atoms with E-state index in [2.05, 4.69) is 15.2 Å². The summed E-state index contributed by atoms with van der Waals surface area (Å²) in [5.74, 6) is 3.02. The first kappa shape index (κ1) is 17.5. The standard InChI is InChI=1S/C19H19N3O4/c1-23-15-7-5-12(9-17(15)25-3)14-11-20-19(22-21-14)13-6-8-16(24-2)18(10-13)26-4/h5-11H,1-4H3. The van der Waals surface area contributed by atoms with E-state index in [9.17, 15) is 0 Å². The Morgan fingerprint density at radius 3 is 1.65 bits per heavy atom. The van der Waals surface area contributed by atoms with E-state index < -0.39 is 0 Å². The molecular weight excluding hydrogens is 334 g/mol. The first-order valence-electron chi connectivity index (χ1n) is 7.84. The van der Waals surface area contributed by atoms with Crippen molar-refractivity contribution in [3.05, 3.63) is 42.6 Å². The normalized spacial score (nSPS) is 10.3. The number of ether oxygens (including phenoxy) is 4. The molecule has 0 saturated heterocycles. The molecule has 0 aliphatic heterocycles. The lowest BCUT2D eigenvalue weighted by atomic mass is 10.1. The fourth-order valence-electron chi connectivity index (χ4n) is 2.51. The van der Waals surface area contributed by atoms with E-state index in [1.54, 1.807) is 40.7 Å².